The van der Waals surface area contributed by atoms with Crippen LogP contribution in [0, 0.1) is 12.7 Å². The van der Waals surface area contributed by atoms with Crippen molar-refractivity contribution in [2.45, 2.75) is 26.3 Å². The van der Waals surface area contributed by atoms with Gasteiger partial charge in [-0.1, -0.05) is 28.9 Å². The highest BCUT2D eigenvalue weighted by Gasteiger charge is 2.15. The first-order valence-corrected chi connectivity index (χ1v) is 7.49. The van der Waals surface area contributed by atoms with Crippen LogP contribution in [0.15, 0.2) is 41.1 Å². The molecule has 0 bridgehead atoms. The van der Waals surface area contributed by atoms with E-state index in [4.69, 9.17) is 0 Å². The van der Waals surface area contributed by atoms with Crippen LogP contribution in [0.2, 0.25) is 0 Å². The zero-order chi connectivity index (χ0) is 14.5. The molecule has 2 rings (SSSR count). The molecule has 0 amide bonds. The summed E-state index contributed by atoms with van der Waals surface area (Å²) in [6, 6.07) is 7.03. The number of hydrogen-bond acceptors (Lipinski definition) is 2. The summed E-state index contributed by atoms with van der Waals surface area (Å²) >= 11 is 3.43. The van der Waals surface area contributed by atoms with Crippen molar-refractivity contribution in [3.63, 3.8) is 0 Å². The highest BCUT2D eigenvalue weighted by Crippen LogP contribution is 2.26. The zero-order valence-electron chi connectivity index (χ0n) is 11.7. The van der Waals surface area contributed by atoms with Gasteiger partial charge in [-0.2, -0.15) is 0 Å². The maximum absolute atomic E-state index is 13.2. The normalized spacial score (nSPS) is 12.4. The lowest BCUT2D eigenvalue weighted by atomic mass is 9.97. The summed E-state index contributed by atoms with van der Waals surface area (Å²) in [5, 5.41) is 3.48. The molecule has 20 heavy (non-hydrogen) atoms. The van der Waals surface area contributed by atoms with Crippen LogP contribution in [0.4, 0.5) is 4.39 Å². The van der Waals surface area contributed by atoms with E-state index >= 15 is 0 Å². The predicted molar refractivity (Wildman–Crippen MR) is 83.2 cm³/mol. The van der Waals surface area contributed by atoms with Gasteiger partial charge >= 0.3 is 0 Å². The van der Waals surface area contributed by atoms with Crippen LogP contribution < -0.4 is 5.32 Å². The van der Waals surface area contributed by atoms with Crippen molar-refractivity contribution in [2.75, 3.05) is 6.54 Å². The van der Waals surface area contributed by atoms with Crippen LogP contribution >= 0.6 is 15.9 Å². The Morgan fingerprint density at radius 1 is 1.35 bits per heavy atom. The lowest BCUT2D eigenvalue weighted by Crippen LogP contribution is -2.24. The molecule has 1 atom stereocenters. The number of hydrogen-bond donors (Lipinski definition) is 1. The van der Waals surface area contributed by atoms with Gasteiger partial charge in [-0.3, -0.25) is 4.98 Å². The van der Waals surface area contributed by atoms with Gasteiger partial charge in [0.15, 0.2) is 0 Å². The Bertz CT molecular complexity index is 586. The van der Waals surface area contributed by atoms with E-state index < -0.39 is 0 Å². The number of nitrogens with zero attached hydrogens (tertiary/aromatic N) is 1. The summed E-state index contributed by atoms with van der Waals surface area (Å²) in [6.45, 7) is 5.04. The molecule has 2 aromatic rings. The molecule has 1 heterocycles. The average Bonchev–Trinajstić information content (AvgIpc) is 2.42. The van der Waals surface area contributed by atoms with Gasteiger partial charge in [-0.05, 0) is 54.8 Å². The van der Waals surface area contributed by atoms with E-state index in [1.165, 1.54) is 23.3 Å². The van der Waals surface area contributed by atoms with E-state index in [1.54, 1.807) is 6.20 Å². The van der Waals surface area contributed by atoms with Crippen LogP contribution in [-0.2, 0) is 6.42 Å². The van der Waals surface area contributed by atoms with Gasteiger partial charge in [-0.15, -0.1) is 0 Å². The van der Waals surface area contributed by atoms with Gasteiger partial charge < -0.3 is 5.32 Å². The third kappa shape index (κ3) is 3.64. The quantitative estimate of drug-likeness (QED) is 0.885. The summed E-state index contributed by atoms with van der Waals surface area (Å²) < 4.78 is 14.0. The third-order valence-corrected chi connectivity index (χ3v) is 4.08. The second kappa shape index (κ2) is 6.95. The Morgan fingerprint density at radius 3 is 2.80 bits per heavy atom. The summed E-state index contributed by atoms with van der Waals surface area (Å²) in [5.74, 6) is -0.224. The molecular formula is C16H18BrFN2. The number of nitrogens with one attached hydrogen (secondary N) is 1. The Labute approximate surface area is 127 Å². The minimum atomic E-state index is -0.224. The predicted octanol–water partition coefficient (Wildman–Crippen LogP) is 4.18. The average molecular weight is 337 g/mol. The largest absolute Gasteiger partial charge is 0.310 e. The summed E-state index contributed by atoms with van der Waals surface area (Å²) in [5.41, 5.74) is 3.48. The molecule has 0 saturated carbocycles. The van der Waals surface area contributed by atoms with Crippen molar-refractivity contribution in [3.05, 3.63) is 63.6 Å². The van der Waals surface area contributed by atoms with Gasteiger partial charge in [0.1, 0.15) is 5.82 Å². The van der Waals surface area contributed by atoms with Crippen molar-refractivity contribution < 1.29 is 4.39 Å². The Morgan fingerprint density at radius 2 is 2.15 bits per heavy atom. The van der Waals surface area contributed by atoms with Crippen LogP contribution in [0.3, 0.4) is 0 Å². The first kappa shape index (κ1) is 15.1. The molecule has 0 fully saturated rings. The monoisotopic (exact) mass is 336 g/mol. The van der Waals surface area contributed by atoms with Gasteiger partial charge in [0.25, 0.3) is 0 Å². The standard InChI is InChI=1S/C16H18BrFN2/c1-3-20-16(14-10-19-7-6-11(14)2)8-12-4-5-13(18)9-15(12)17/h4-7,9-10,16,20H,3,8H2,1-2H3. The molecule has 0 spiro atoms. The van der Waals surface area contributed by atoms with Gasteiger partial charge in [0.05, 0.1) is 0 Å². The lowest BCUT2D eigenvalue weighted by Gasteiger charge is -2.20. The number of benzene rings is 1. The molecule has 1 aromatic carbocycles. The second-order valence-corrected chi connectivity index (χ2v) is 5.64. The molecule has 4 heteroatoms. The van der Waals surface area contributed by atoms with Crippen molar-refractivity contribution >= 4 is 15.9 Å². The van der Waals surface area contributed by atoms with Crippen molar-refractivity contribution in [2.24, 2.45) is 0 Å². The summed E-state index contributed by atoms with van der Waals surface area (Å²) in [6.07, 6.45) is 4.50. The first-order valence-electron chi connectivity index (χ1n) is 6.69. The van der Waals surface area contributed by atoms with Crippen molar-refractivity contribution in [1.82, 2.24) is 10.3 Å². The smallest absolute Gasteiger partial charge is 0.124 e. The molecule has 0 aliphatic carbocycles. The topological polar surface area (TPSA) is 24.9 Å². The number of likely N-dealkylation sites (N-methyl/N-ethyl adjacent to an activating group) is 1. The Balaban J connectivity index is 2.28. The molecule has 0 aliphatic rings. The minimum absolute atomic E-state index is 0.176. The number of halogens is 2. The Hall–Kier alpha value is -1.26. The molecule has 106 valence electrons. The minimum Gasteiger partial charge on any atom is -0.310 e. The van der Waals surface area contributed by atoms with Crippen LogP contribution in [-0.4, -0.2) is 11.5 Å². The van der Waals surface area contributed by atoms with E-state index in [9.17, 15) is 4.39 Å². The number of aromatic nitrogens is 1. The van der Waals surface area contributed by atoms with E-state index in [0.29, 0.717) is 0 Å². The molecule has 0 radical (unpaired) electrons. The Kier molecular flexibility index (Phi) is 5.26. The van der Waals surface area contributed by atoms with Gasteiger partial charge in [0.2, 0.25) is 0 Å². The van der Waals surface area contributed by atoms with Crippen LogP contribution in [0.25, 0.3) is 0 Å². The highest BCUT2D eigenvalue weighted by molar-refractivity contribution is 9.10. The first-order chi connectivity index (χ1) is 9.61. The van der Waals surface area contributed by atoms with E-state index in [1.807, 2.05) is 18.3 Å². The lowest BCUT2D eigenvalue weighted by molar-refractivity contribution is 0.543. The van der Waals surface area contributed by atoms with Crippen LogP contribution in [0.1, 0.15) is 29.7 Å². The van der Waals surface area contributed by atoms with Crippen LogP contribution in [0.5, 0.6) is 0 Å². The molecule has 1 unspecified atom stereocenters. The SMILES string of the molecule is CCNC(Cc1ccc(F)cc1Br)c1cnccc1C. The fraction of sp³-hybridized carbons (Fsp3) is 0.312. The molecular weight excluding hydrogens is 319 g/mol. The molecule has 1 aromatic heterocycles. The van der Waals surface area contributed by atoms with Crippen molar-refractivity contribution in [1.29, 1.82) is 0 Å². The van der Waals surface area contributed by atoms with E-state index in [-0.39, 0.29) is 11.9 Å². The van der Waals surface area contributed by atoms with Crippen molar-refractivity contribution in [3.8, 4) is 0 Å². The number of aryl methyl sites for hydroxylation is 1. The van der Waals surface area contributed by atoms with Gasteiger partial charge in [0, 0.05) is 22.9 Å². The summed E-state index contributed by atoms with van der Waals surface area (Å²) in [7, 11) is 0. The highest BCUT2D eigenvalue weighted by atomic mass is 79.9. The maximum atomic E-state index is 13.2. The van der Waals surface area contributed by atoms with E-state index in [2.05, 4.69) is 40.1 Å². The second-order valence-electron chi connectivity index (χ2n) is 4.78. The summed E-state index contributed by atoms with van der Waals surface area (Å²) in [4.78, 5) is 4.22. The molecule has 0 aliphatic heterocycles. The fourth-order valence-electron chi connectivity index (χ4n) is 2.29. The molecule has 1 N–H and O–H groups in total. The molecule has 0 saturated heterocycles. The maximum Gasteiger partial charge on any atom is 0.124 e. The number of pyridine rings is 1. The fourth-order valence-corrected chi connectivity index (χ4v) is 2.80. The third-order valence-electron chi connectivity index (χ3n) is 3.34. The van der Waals surface area contributed by atoms with Gasteiger partial charge in [-0.25, -0.2) is 4.39 Å². The zero-order valence-corrected chi connectivity index (χ0v) is 13.2. The molecule has 2 nitrogen and oxygen atoms in total. The number of rotatable bonds is 5. The van der Waals surface area contributed by atoms with E-state index in [0.717, 1.165) is 23.0 Å².